The van der Waals surface area contributed by atoms with Crippen molar-refractivity contribution in [2.45, 2.75) is 26.2 Å². The predicted octanol–water partition coefficient (Wildman–Crippen LogP) is 3.33. The van der Waals surface area contributed by atoms with Gasteiger partial charge in [0, 0.05) is 25.0 Å². The van der Waals surface area contributed by atoms with Crippen molar-refractivity contribution in [1.82, 2.24) is 14.9 Å². The van der Waals surface area contributed by atoms with E-state index in [1.54, 1.807) is 17.0 Å². The highest BCUT2D eigenvalue weighted by Gasteiger charge is 2.25. The molecule has 0 saturated carbocycles. The molecule has 0 atom stereocenters. The summed E-state index contributed by atoms with van der Waals surface area (Å²) < 4.78 is 0. The van der Waals surface area contributed by atoms with Crippen molar-refractivity contribution in [3.05, 3.63) is 75.7 Å². The lowest BCUT2D eigenvalue weighted by molar-refractivity contribution is 0.0689. The molecular formula is C22H23N3O2. The third-order valence-electron chi connectivity index (χ3n) is 5.38. The van der Waals surface area contributed by atoms with E-state index in [-0.39, 0.29) is 16.9 Å². The number of H-pyrrole nitrogens is 1. The second-order valence-corrected chi connectivity index (χ2v) is 7.31. The van der Waals surface area contributed by atoms with Crippen LogP contribution in [0, 0.1) is 12.8 Å². The van der Waals surface area contributed by atoms with Crippen molar-refractivity contribution in [2.75, 3.05) is 13.1 Å². The lowest BCUT2D eigenvalue weighted by atomic mass is 9.90. The Morgan fingerprint density at radius 2 is 1.89 bits per heavy atom. The molecule has 0 spiro atoms. The summed E-state index contributed by atoms with van der Waals surface area (Å²) >= 11 is 0. The SMILES string of the molecule is Cc1ccc2c(=O)c(C(=O)N3CCC(Cc4ccccc4)CC3)c[nH]c2n1. The number of carbonyl (C=O) groups excluding carboxylic acids is 1. The number of carbonyl (C=O) groups is 1. The molecule has 4 rings (SSSR count). The minimum Gasteiger partial charge on any atom is -0.345 e. The van der Waals surface area contributed by atoms with E-state index in [0.717, 1.165) is 25.0 Å². The fraction of sp³-hybridized carbons (Fsp3) is 0.318. The average Bonchev–Trinajstić information content (AvgIpc) is 2.69. The van der Waals surface area contributed by atoms with Gasteiger partial charge in [-0.15, -0.1) is 0 Å². The molecule has 138 valence electrons. The van der Waals surface area contributed by atoms with Crippen LogP contribution in [0.1, 0.15) is 34.5 Å². The van der Waals surface area contributed by atoms with Gasteiger partial charge < -0.3 is 9.88 Å². The maximum absolute atomic E-state index is 12.9. The van der Waals surface area contributed by atoms with Crippen LogP contribution in [-0.4, -0.2) is 33.9 Å². The van der Waals surface area contributed by atoms with Gasteiger partial charge in [-0.3, -0.25) is 9.59 Å². The number of benzene rings is 1. The number of hydrogen-bond donors (Lipinski definition) is 1. The number of pyridine rings is 2. The van der Waals surface area contributed by atoms with Crippen molar-refractivity contribution in [3.8, 4) is 0 Å². The van der Waals surface area contributed by atoms with E-state index in [2.05, 4.69) is 34.2 Å². The zero-order valence-corrected chi connectivity index (χ0v) is 15.4. The quantitative estimate of drug-likeness (QED) is 0.778. The number of nitrogens with one attached hydrogen (secondary N) is 1. The Hall–Kier alpha value is -2.95. The fourth-order valence-corrected chi connectivity index (χ4v) is 3.82. The highest BCUT2D eigenvalue weighted by atomic mass is 16.2. The molecule has 5 heteroatoms. The first kappa shape index (κ1) is 17.5. The molecule has 0 unspecified atom stereocenters. The van der Waals surface area contributed by atoms with Crippen LogP contribution in [-0.2, 0) is 6.42 Å². The number of aromatic amines is 1. The highest BCUT2D eigenvalue weighted by molar-refractivity contribution is 5.96. The maximum Gasteiger partial charge on any atom is 0.259 e. The number of aryl methyl sites for hydroxylation is 1. The van der Waals surface area contributed by atoms with Gasteiger partial charge in [0.2, 0.25) is 5.43 Å². The van der Waals surface area contributed by atoms with Gasteiger partial charge >= 0.3 is 0 Å². The van der Waals surface area contributed by atoms with Gasteiger partial charge in [-0.1, -0.05) is 30.3 Å². The summed E-state index contributed by atoms with van der Waals surface area (Å²) in [7, 11) is 0. The Labute approximate surface area is 158 Å². The maximum atomic E-state index is 12.9. The minimum absolute atomic E-state index is 0.183. The van der Waals surface area contributed by atoms with E-state index in [4.69, 9.17) is 0 Å². The molecule has 0 bridgehead atoms. The van der Waals surface area contributed by atoms with E-state index in [1.807, 2.05) is 13.0 Å². The van der Waals surface area contributed by atoms with Crippen molar-refractivity contribution in [3.63, 3.8) is 0 Å². The molecule has 0 radical (unpaired) electrons. The first-order valence-electron chi connectivity index (χ1n) is 9.44. The van der Waals surface area contributed by atoms with E-state index in [9.17, 15) is 9.59 Å². The molecule has 2 aromatic heterocycles. The van der Waals surface area contributed by atoms with E-state index in [1.165, 1.54) is 11.8 Å². The van der Waals surface area contributed by atoms with Gasteiger partial charge in [0.1, 0.15) is 11.2 Å². The number of aromatic nitrogens is 2. The van der Waals surface area contributed by atoms with Crippen molar-refractivity contribution >= 4 is 16.9 Å². The first-order valence-corrected chi connectivity index (χ1v) is 9.44. The van der Waals surface area contributed by atoms with Crippen molar-refractivity contribution < 1.29 is 4.79 Å². The number of fused-ring (bicyclic) bond motifs is 1. The number of nitrogens with zero attached hydrogens (tertiary/aromatic N) is 2. The molecule has 1 aliphatic heterocycles. The third-order valence-corrected chi connectivity index (χ3v) is 5.38. The lowest BCUT2D eigenvalue weighted by Gasteiger charge is -2.32. The topological polar surface area (TPSA) is 66.1 Å². The van der Waals surface area contributed by atoms with Crippen molar-refractivity contribution in [2.24, 2.45) is 5.92 Å². The molecule has 1 N–H and O–H groups in total. The summed E-state index contributed by atoms with van der Waals surface area (Å²) in [5.74, 6) is 0.399. The Morgan fingerprint density at radius 1 is 1.15 bits per heavy atom. The Morgan fingerprint density at radius 3 is 2.63 bits per heavy atom. The molecule has 1 saturated heterocycles. The molecule has 1 aliphatic rings. The van der Waals surface area contributed by atoms with Crippen LogP contribution in [0.4, 0.5) is 0 Å². The second-order valence-electron chi connectivity index (χ2n) is 7.31. The van der Waals surface area contributed by atoms with Gasteiger partial charge in [0.15, 0.2) is 0 Å². The standard InChI is InChI=1S/C22H23N3O2/c1-15-7-8-18-20(26)19(14-23-21(18)24-15)22(27)25-11-9-17(10-12-25)13-16-5-3-2-4-6-16/h2-8,14,17H,9-13H2,1H3,(H,23,24,26). The zero-order valence-electron chi connectivity index (χ0n) is 15.4. The zero-order chi connectivity index (χ0) is 18.8. The van der Waals surface area contributed by atoms with Crippen molar-refractivity contribution in [1.29, 1.82) is 0 Å². The minimum atomic E-state index is -0.243. The first-order chi connectivity index (χ1) is 13.1. The molecule has 3 heterocycles. The summed E-state index contributed by atoms with van der Waals surface area (Å²) in [4.78, 5) is 34.7. The number of likely N-dealkylation sites (tertiary alicyclic amines) is 1. The average molecular weight is 361 g/mol. The number of piperidine rings is 1. The second kappa shape index (κ2) is 7.35. The normalized spacial score (nSPS) is 15.2. The van der Waals surface area contributed by atoms with Gasteiger partial charge in [0.25, 0.3) is 5.91 Å². The van der Waals surface area contributed by atoms with E-state index < -0.39 is 0 Å². The largest absolute Gasteiger partial charge is 0.345 e. The lowest BCUT2D eigenvalue weighted by Crippen LogP contribution is -2.40. The summed E-state index contributed by atoms with van der Waals surface area (Å²) in [6, 6.07) is 14.0. The van der Waals surface area contributed by atoms with Crippen LogP contribution in [0.2, 0.25) is 0 Å². The highest BCUT2D eigenvalue weighted by Crippen LogP contribution is 2.22. The van der Waals surface area contributed by atoms with Gasteiger partial charge in [0.05, 0.1) is 5.39 Å². The van der Waals surface area contributed by atoms with Crippen LogP contribution in [0.15, 0.2) is 53.5 Å². The molecular weight excluding hydrogens is 338 g/mol. The van der Waals surface area contributed by atoms with Gasteiger partial charge in [-0.25, -0.2) is 4.98 Å². The van der Waals surface area contributed by atoms with Crippen LogP contribution < -0.4 is 5.43 Å². The molecule has 3 aromatic rings. The Kier molecular flexibility index (Phi) is 4.75. The smallest absolute Gasteiger partial charge is 0.259 e. The van der Waals surface area contributed by atoms with E-state index in [0.29, 0.717) is 30.0 Å². The number of rotatable bonds is 3. The van der Waals surface area contributed by atoms with Gasteiger partial charge in [-0.05, 0) is 49.8 Å². The van der Waals surface area contributed by atoms with Crippen LogP contribution in [0.3, 0.4) is 0 Å². The summed E-state index contributed by atoms with van der Waals surface area (Å²) in [5, 5.41) is 0.463. The van der Waals surface area contributed by atoms with E-state index >= 15 is 0 Å². The Balaban J connectivity index is 1.46. The number of hydrogen-bond acceptors (Lipinski definition) is 3. The van der Waals surface area contributed by atoms with Crippen LogP contribution in [0.5, 0.6) is 0 Å². The van der Waals surface area contributed by atoms with Crippen LogP contribution >= 0.6 is 0 Å². The van der Waals surface area contributed by atoms with Crippen LogP contribution in [0.25, 0.3) is 11.0 Å². The Bertz CT molecular complexity index is 1020. The molecule has 27 heavy (non-hydrogen) atoms. The summed E-state index contributed by atoms with van der Waals surface area (Å²) in [6.45, 7) is 3.26. The summed E-state index contributed by atoms with van der Waals surface area (Å²) in [6.07, 6.45) is 4.49. The monoisotopic (exact) mass is 361 g/mol. The molecule has 5 nitrogen and oxygen atoms in total. The number of amides is 1. The molecule has 1 fully saturated rings. The fourth-order valence-electron chi connectivity index (χ4n) is 3.82. The molecule has 0 aliphatic carbocycles. The molecule has 1 amide bonds. The molecule has 1 aromatic carbocycles. The third kappa shape index (κ3) is 3.63. The summed E-state index contributed by atoms with van der Waals surface area (Å²) in [5.41, 5.74) is 2.66. The predicted molar refractivity (Wildman–Crippen MR) is 106 cm³/mol. The van der Waals surface area contributed by atoms with Gasteiger partial charge in [-0.2, -0.15) is 0 Å².